The Morgan fingerprint density at radius 3 is 2.74 bits per heavy atom. The lowest BCUT2D eigenvalue weighted by atomic mass is 9.92. The molecule has 2 N–H and O–H groups in total. The molecule has 0 bridgehead atoms. The van der Waals surface area contributed by atoms with Crippen LogP contribution >= 0.6 is 12.4 Å². The molecule has 1 aliphatic heterocycles. The lowest BCUT2D eigenvalue weighted by Gasteiger charge is -2.29. The molecule has 1 saturated heterocycles. The molecular formula is C18H30ClN3O. The molecular weight excluding hydrogens is 310 g/mol. The monoisotopic (exact) mass is 339 g/mol. The maximum Gasteiger partial charge on any atom is 0.223 e. The minimum Gasteiger partial charge on any atom is -0.354 e. The van der Waals surface area contributed by atoms with Crippen molar-refractivity contribution in [2.75, 3.05) is 20.1 Å². The Balaban J connectivity index is 0.00000264. The Kier molecular flexibility index (Phi) is 8.59. The fraction of sp³-hybridized carbons (Fsp3) is 0.611. The summed E-state index contributed by atoms with van der Waals surface area (Å²) in [6.07, 6.45) is 1.89. The number of nitrogens with zero attached hydrogens (tertiary/aromatic N) is 1. The van der Waals surface area contributed by atoms with Gasteiger partial charge in [0.05, 0.1) is 0 Å². The number of hydrogen-bond acceptors (Lipinski definition) is 3. The van der Waals surface area contributed by atoms with Crippen LogP contribution in [0.3, 0.4) is 0 Å². The molecule has 1 amide bonds. The van der Waals surface area contributed by atoms with Crippen LogP contribution < -0.4 is 10.6 Å². The fourth-order valence-electron chi connectivity index (χ4n) is 2.95. The van der Waals surface area contributed by atoms with Gasteiger partial charge in [-0.25, -0.2) is 0 Å². The first kappa shape index (κ1) is 19.9. The van der Waals surface area contributed by atoms with Crippen molar-refractivity contribution in [1.82, 2.24) is 15.5 Å². The molecule has 3 atom stereocenters. The summed E-state index contributed by atoms with van der Waals surface area (Å²) in [5.74, 6) is 0.385. The number of halogens is 1. The average Bonchev–Trinajstić information content (AvgIpc) is 2.53. The van der Waals surface area contributed by atoms with Crippen molar-refractivity contribution in [3.63, 3.8) is 0 Å². The van der Waals surface area contributed by atoms with Gasteiger partial charge in [0.1, 0.15) is 0 Å². The van der Waals surface area contributed by atoms with Crippen molar-refractivity contribution in [2.24, 2.45) is 5.92 Å². The lowest BCUT2D eigenvalue weighted by Crippen LogP contribution is -2.45. The largest absolute Gasteiger partial charge is 0.354 e. The van der Waals surface area contributed by atoms with Crippen molar-refractivity contribution in [3.8, 4) is 0 Å². The fourth-order valence-corrected chi connectivity index (χ4v) is 2.95. The molecule has 1 aliphatic rings. The highest BCUT2D eigenvalue weighted by Crippen LogP contribution is 2.16. The lowest BCUT2D eigenvalue weighted by molar-refractivity contribution is -0.126. The summed E-state index contributed by atoms with van der Waals surface area (Å²) in [6.45, 7) is 6.87. The summed E-state index contributed by atoms with van der Waals surface area (Å²) < 4.78 is 0. The maximum absolute atomic E-state index is 12.3. The maximum atomic E-state index is 12.3. The molecule has 4 nitrogen and oxygen atoms in total. The molecule has 1 aromatic carbocycles. The number of rotatable bonds is 6. The van der Waals surface area contributed by atoms with Crippen LogP contribution in [0.5, 0.6) is 0 Å². The van der Waals surface area contributed by atoms with E-state index in [-0.39, 0.29) is 24.2 Å². The second kappa shape index (κ2) is 9.91. The van der Waals surface area contributed by atoms with E-state index < -0.39 is 0 Å². The topological polar surface area (TPSA) is 44.4 Å². The van der Waals surface area contributed by atoms with E-state index in [1.807, 2.05) is 6.07 Å². The number of hydrogen-bond donors (Lipinski definition) is 2. The zero-order valence-electron chi connectivity index (χ0n) is 14.4. The summed E-state index contributed by atoms with van der Waals surface area (Å²) in [5, 5.41) is 6.52. The molecule has 130 valence electrons. The molecule has 0 radical (unpaired) electrons. The molecule has 5 heteroatoms. The van der Waals surface area contributed by atoms with Gasteiger partial charge in [-0.2, -0.15) is 0 Å². The zero-order valence-corrected chi connectivity index (χ0v) is 15.2. The number of carbonyl (C=O) groups excluding carboxylic acids is 1. The Labute approximate surface area is 146 Å². The van der Waals surface area contributed by atoms with Gasteiger partial charge in [-0.1, -0.05) is 30.3 Å². The van der Waals surface area contributed by atoms with Gasteiger partial charge in [-0.15, -0.1) is 12.4 Å². The second-order valence-electron chi connectivity index (χ2n) is 6.57. The van der Waals surface area contributed by atoms with Crippen LogP contribution in [0.25, 0.3) is 0 Å². The van der Waals surface area contributed by atoms with E-state index >= 15 is 0 Å². The third-order valence-corrected chi connectivity index (χ3v) is 4.59. The number of carbonyl (C=O) groups is 1. The number of nitrogens with one attached hydrogen (secondary N) is 2. The van der Waals surface area contributed by atoms with Gasteiger partial charge < -0.3 is 10.6 Å². The minimum atomic E-state index is 0. The zero-order chi connectivity index (χ0) is 15.9. The molecule has 1 aromatic rings. The normalized spacial score (nSPS) is 22.3. The quantitative estimate of drug-likeness (QED) is 0.836. The molecule has 23 heavy (non-hydrogen) atoms. The van der Waals surface area contributed by atoms with Crippen molar-refractivity contribution in [2.45, 2.75) is 45.3 Å². The van der Waals surface area contributed by atoms with Crippen LogP contribution in [0, 0.1) is 5.92 Å². The van der Waals surface area contributed by atoms with E-state index in [2.05, 4.69) is 60.7 Å². The first-order valence-corrected chi connectivity index (χ1v) is 8.31. The highest BCUT2D eigenvalue weighted by atomic mass is 35.5. The number of likely N-dealkylation sites (N-methyl/N-ethyl adjacent to an activating group) is 1. The van der Waals surface area contributed by atoms with Gasteiger partial charge in [-0.05, 0) is 45.8 Å². The van der Waals surface area contributed by atoms with E-state index in [0.717, 1.165) is 25.9 Å². The molecule has 1 heterocycles. The molecule has 1 unspecified atom stereocenters. The Morgan fingerprint density at radius 1 is 1.39 bits per heavy atom. The average molecular weight is 340 g/mol. The molecule has 0 aromatic heterocycles. The number of benzene rings is 1. The van der Waals surface area contributed by atoms with E-state index in [1.165, 1.54) is 5.56 Å². The Bertz CT molecular complexity index is 469. The van der Waals surface area contributed by atoms with Gasteiger partial charge in [0, 0.05) is 31.1 Å². The summed E-state index contributed by atoms with van der Waals surface area (Å²) >= 11 is 0. The van der Waals surface area contributed by atoms with Crippen molar-refractivity contribution < 1.29 is 4.79 Å². The summed E-state index contributed by atoms with van der Waals surface area (Å²) in [4.78, 5) is 14.6. The van der Waals surface area contributed by atoms with Crippen LogP contribution in [-0.4, -0.2) is 43.0 Å². The summed E-state index contributed by atoms with van der Waals surface area (Å²) in [6, 6.07) is 11.2. The number of piperidine rings is 1. The Hall–Kier alpha value is -1.10. The van der Waals surface area contributed by atoms with Gasteiger partial charge in [0.25, 0.3) is 0 Å². The smallest absolute Gasteiger partial charge is 0.223 e. The van der Waals surface area contributed by atoms with Crippen LogP contribution in [0.2, 0.25) is 0 Å². The van der Waals surface area contributed by atoms with Crippen molar-refractivity contribution >= 4 is 18.3 Å². The predicted octanol–water partition coefficient (Wildman–Crippen LogP) is 2.43. The SMILES string of the molecule is CC(CNC(=O)[C@H]1CCN[C@@H](C)C1)N(C)Cc1ccccc1.Cl. The van der Waals surface area contributed by atoms with Gasteiger partial charge in [0.15, 0.2) is 0 Å². The molecule has 0 aliphatic carbocycles. The first-order valence-electron chi connectivity index (χ1n) is 8.31. The second-order valence-corrected chi connectivity index (χ2v) is 6.57. The first-order chi connectivity index (χ1) is 10.6. The highest BCUT2D eigenvalue weighted by molar-refractivity contribution is 5.85. The predicted molar refractivity (Wildman–Crippen MR) is 97.8 cm³/mol. The van der Waals surface area contributed by atoms with Gasteiger partial charge in [0.2, 0.25) is 5.91 Å². The third-order valence-electron chi connectivity index (χ3n) is 4.59. The van der Waals surface area contributed by atoms with Crippen LogP contribution in [-0.2, 0) is 11.3 Å². The van der Waals surface area contributed by atoms with Gasteiger partial charge >= 0.3 is 0 Å². The van der Waals surface area contributed by atoms with Crippen LogP contribution in [0.15, 0.2) is 30.3 Å². The molecule has 0 spiro atoms. The molecule has 0 saturated carbocycles. The Morgan fingerprint density at radius 2 is 2.09 bits per heavy atom. The number of amides is 1. The third kappa shape index (κ3) is 6.50. The minimum absolute atomic E-state index is 0. The van der Waals surface area contributed by atoms with Crippen LogP contribution in [0.1, 0.15) is 32.3 Å². The molecule has 2 rings (SSSR count). The van der Waals surface area contributed by atoms with Gasteiger partial charge in [-0.3, -0.25) is 9.69 Å². The van der Waals surface area contributed by atoms with E-state index in [1.54, 1.807) is 0 Å². The van der Waals surface area contributed by atoms with Crippen molar-refractivity contribution in [1.29, 1.82) is 0 Å². The highest BCUT2D eigenvalue weighted by Gasteiger charge is 2.24. The standard InChI is InChI=1S/C18H29N3O.ClH/c1-14-11-17(9-10-19-14)18(22)20-12-15(2)21(3)13-16-7-5-4-6-8-16;/h4-8,14-15,17,19H,9-13H2,1-3H3,(H,20,22);1H/t14-,15?,17-;/m0./s1. The summed E-state index contributed by atoms with van der Waals surface area (Å²) in [7, 11) is 2.11. The van der Waals surface area contributed by atoms with Crippen LogP contribution in [0.4, 0.5) is 0 Å². The summed E-state index contributed by atoms with van der Waals surface area (Å²) in [5.41, 5.74) is 1.30. The molecule has 1 fully saturated rings. The van der Waals surface area contributed by atoms with E-state index in [0.29, 0.717) is 18.6 Å². The van der Waals surface area contributed by atoms with E-state index in [4.69, 9.17) is 0 Å². The van der Waals surface area contributed by atoms with Crippen molar-refractivity contribution in [3.05, 3.63) is 35.9 Å². The van der Waals surface area contributed by atoms with E-state index in [9.17, 15) is 4.79 Å².